The first kappa shape index (κ1) is 22.6. The number of rotatable bonds is 6. The van der Waals surface area contributed by atoms with Gasteiger partial charge in [0.1, 0.15) is 5.82 Å². The van der Waals surface area contributed by atoms with Crippen LogP contribution in [0, 0.1) is 5.82 Å². The predicted molar refractivity (Wildman–Crippen MR) is 134 cm³/mol. The van der Waals surface area contributed by atoms with Gasteiger partial charge in [0.2, 0.25) is 0 Å². The van der Waals surface area contributed by atoms with Crippen LogP contribution in [-0.2, 0) is 10.0 Å². The average molecular weight is 446 g/mol. The van der Waals surface area contributed by atoms with Gasteiger partial charge in [-0.05, 0) is 43.1 Å². The van der Waals surface area contributed by atoms with Crippen molar-refractivity contribution in [3.05, 3.63) is 101 Å². The van der Waals surface area contributed by atoms with Gasteiger partial charge in [-0.25, -0.2) is 9.38 Å². The quantitative estimate of drug-likeness (QED) is 0.278. The van der Waals surface area contributed by atoms with E-state index in [1.54, 1.807) is 6.07 Å². The molecule has 0 aliphatic heterocycles. The molecule has 0 bridgehead atoms. The fourth-order valence-electron chi connectivity index (χ4n) is 3.74. The second kappa shape index (κ2) is 8.42. The van der Waals surface area contributed by atoms with E-state index in [0.717, 1.165) is 29.7 Å². The number of aliphatic imine (C=N–C) groups is 1. The summed E-state index contributed by atoms with van der Waals surface area (Å²) < 4.78 is 22.1. The van der Waals surface area contributed by atoms with Crippen molar-refractivity contribution >= 4 is 19.7 Å². The zero-order chi connectivity index (χ0) is 23.0. The van der Waals surface area contributed by atoms with E-state index in [1.807, 2.05) is 72.8 Å². The van der Waals surface area contributed by atoms with E-state index in [9.17, 15) is 0 Å². The van der Waals surface area contributed by atoms with Crippen LogP contribution in [0.15, 0.2) is 83.9 Å². The van der Waals surface area contributed by atoms with Gasteiger partial charge in [0, 0.05) is 16.7 Å². The molecule has 1 aliphatic rings. The lowest BCUT2D eigenvalue weighted by Crippen LogP contribution is -2.44. The number of nitrogens with zero attached hydrogens (tertiary/aromatic N) is 1. The fraction of sp³-hybridized carbons (Fsp3) is 0.321. The molecule has 166 valence electrons. The Morgan fingerprint density at radius 1 is 0.875 bits per heavy atom. The Balaban J connectivity index is 1.69. The van der Waals surface area contributed by atoms with Crippen molar-refractivity contribution in [2.24, 2.45) is 4.99 Å². The average Bonchev–Trinajstić information content (AvgIpc) is 3.52. The summed E-state index contributed by atoms with van der Waals surface area (Å²) in [5, 5.41) is 0.0869. The van der Waals surface area contributed by atoms with E-state index >= 15 is 4.39 Å². The third-order valence-corrected chi connectivity index (χ3v) is 11.3. The Kier molecular flexibility index (Phi) is 5.95. The van der Waals surface area contributed by atoms with Crippen molar-refractivity contribution in [1.82, 2.24) is 0 Å². The highest BCUT2D eigenvalue weighted by atomic mass is 28.4. The van der Waals surface area contributed by atoms with Crippen LogP contribution in [0.25, 0.3) is 0 Å². The summed E-state index contributed by atoms with van der Waals surface area (Å²) in [5.74, 6) is -0.233. The van der Waals surface area contributed by atoms with Gasteiger partial charge in [0.25, 0.3) is 0 Å². The van der Waals surface area contributed by atoms with Crippen molar-refractivity contribution in [3.63, 3.8) is 0 Å². The molecule has 4 heteroatoms. The Morgan fingerprint density at radius 3 is 1.84 bits per heavy atom. The molecule has 0 amide bonds. The number of hydrogen-bond donors (Lipinski definition) is 0. The number of hydrogen-bond acceptors (Lipinski definition) is 2. The minimum Gasteiger partial charge on any atom is -0.407 e. The third-order valence-electron chi connectivity index (χ3n) is 6.74. The second-order valence-corrected chi connectivity index (χ2v) is 14.9. The molecule has 0 spiro atoms. The van der Waals surface area contributed by atoms with Crippen molar-refractivity contribution in [1.29, 1.82) is 0 Å². The molecule has 0 heterocycles. The van der Waals surface area contributed by atoms with Gasteiger partial charge >= 0.3 is 0 Å². The van der Waals surface area contributed by atoms with E-state index in [1.165, 1.54) is 0 Å². The van der Waals surface area contributed by atoms with Crippen molar-refractivity contribution in [2.75, 3.05) is 0 Å². The Bertz CT molecular complexity index is 1070. The first-order valence-corrected chi connectivity index (χ1v) is 14.2. The fourth-order valence-corrected chi connectivity index (χ4v) is 5.34. The van der Waals surface area contributed by atoms with Crippen LogP contribution >= 0.6 is 0 Å². The maximum atomic E-state index is 15.4. The maximum Gasteiger partial charge on any atom is 0.193 e. The summed E-state index contributed by atoms with van der Waals surface area (Å²) in [7, 11) is -2.01. The van der Waals surface area contributed by atoms with Gasteiger partial charge in [-0.2, -0.15) is 0 Å². The van der Waals surface area contributed by atoms with E-state index < -0.39 is 13.9 Å². The molecule has 2 nitrogen and oxygen atoms in total. The number of benzene rings is 3. The largest absolute Gasteiger partial charge is 0.407 e. The van der Waals surface area contributed by atoms with Crippen molar-refractivity contribution in [3.8, 4) is 0 Å². The highest BCUT2D eigenvalue weighted by Gasteiger charge is 2.53. The molecule has 0 saturated heterocycles. The highest BCUT2D eigenvalue weighted by Crippen LogP contribution is 2.55. The molecule has 0 N–H and O–H groups in total. The zero-order valence-electron chi connectivity index (χ0n) is 19.7. The standard InChI is InChI=1S/C28H32FNOSi/c1-27(2,3)32(4,5)31-28(18-19-28)24-17-16-23(20-25(24)29)30-26(21-12-8-6-9-13-21)22-14-10-7-11-15-22/h6-17,20H,18-19H2,1-5H3. The molecular weight excluding hydrogens is 413 g/mol. The van der Waals surface area contributed by atoms with Crippen LogP contribution in [0.1, 0.15) is 50.3 Å². The van der Waals surface area contributed by atoms with Gasteiger partial charge < -0.3 is 4.43 Å². The van der Waals surface area contributed by atoms with Crippen LogP contribution in [0.3, 0.4) is 0 Å². The van der Waals surface area contributed by atoms with Crippen LogP contribution in [0.2, 0.25) is 18.1 Å². The van der Waals surface area contributed by atoms with Gasteiger partial charge in [-0.15, -0.1) is 0 Å². The van der Waals surface area contributed by atoms with Gasteiger partial charge in [0.15, 0.2) is 8.32 Å². The van der Waals surface area contributed by atoms with E-state index in [-0.39, 0.29) is 10.9 Å². The summed E-state index contributed by atoms with van der Waals surface area (Å²) >= 11 is 0. The molecule has 0 aromatic heterocycles. The summed E-state index contributed by atoms with van der Waals surface area (Å²) in [6.45, 7) is 11.1. The monoisotopic (exact) mass is 445 g/mol. The Labute approximate surface area is 192 Å². The van der Waals surface area contributed by atoms with Gasteiger partial charge in [0.05, 0.1) is 17.0 Å². The van der Waals surface area contributed by atoms with Gasteiger partial charge in [-0.1, -0.05) is 87.5 Å². The molecular formula is C28H32FNOSi. The Hall–Kier alpha value is -2.56. The predicted octanol–water partition coefficient (Wildman–Crippen LogP) is 8.01. The van der Waals surface area contributed by atoms with Crippen LogP contribution in [0.5, 0.6) is 0 Å². The number of halogens is 1. The molecule has 0 atom stereocenters. The maximum absolute atomic E-state index is 15.4. The second-order valence-electron chi connectivity index (χ2n) is 10.2. The van der Waals surface area contributed by atoms with Crippen molar-refractivity contribution in [2.45, 2.75) is 57.3 Å². The molecule has 1 saturated carbocycles. The molecule has 1 fully saturated rings. The lowest BCUT2D eigenvalue weighted by atomic mass is 10.0. The van der Waals surface area contributed by atoms with Gasteiger partial charge in [-0.3, -0.25) is 0 Å². The molecule has 0 unspecified atom stereocenters. The minimum absolute atomic E-state index is 0.0869. The molecule has 3 aromatic carbocycles. The summed E-state index contributed by atoms with van der Waals surface area (Å²) in [6, 6.07) is 25.4. The minimum atomic E-state index is -2.01. The van der Waals surface area contributed by atoms with Crippen LogP contribution in [0.4, 0.5) is 10.1 Å². The lowest BCUT2D eigenvalue weighted by molar-refractivity contribution is 0.154. The third kappa shape index (κ3) is 4.62. The normalized spacial score (nSPS) is 15.3. The van der Waals surface area contributed by atoms with Crippen LogP contribution < -0.4 is 0 Å². The molecule has 0 radical (unpaired) electrons. The van der Waals surface area contributed by atoms with E-state index in [4.69, 9.17) is 9.42 Å². The molecule has 4 rings (SSSR count). The lowest BCUT2D eigenvalue weighted by Gasteiger charge is -2.39. The summed E-state index contributed by atoms with van der Waals surface area (Å²) in [4.78, 5) is 4.86. The molecule has 3 aromatic rings. The zero-order valence-corrected chi connectivity index (χ0v) is 20.7. The molecule has 32 heavy (non-hydrogen) atoms. The summed E-state index contributed by atoms with van der Waals surface area (Å²) in [5.41, 5.74) is 3.64. The first-order valence-electron chi connectivity index (χ1n) is 11.3. The highest BCUT2D eigenvalue weighted by molar-refractivity contribution is 6.74. The van der Waals surface area contributed by atoms with Crippen LogP contribution in [-0.4, -0.2) is 14.0 Å². The Morgan fingerprint density at radius 2 is 1.41 bits per heavy atom. The SMILES string of the molecule is CC(C)(C)[Si](C)(C)OC1(c2ccc(N=C(c3ccccc3)c3ccccc3)cc2F)CC1. The molecule has 1 aliphatic carbocycles. The van der Waals surface area contributed by atoms with Crippen molar-refractivity contribution < 1.29 is 8.82 Å². The summed E-state index contributed by atoms with van der Waals surface area (Å²) in [6.07, 6.45) is 1.75. The van der Waals surface area contributed by atoms with E-state index in [2.05, 4.69) is 33.9 Å². The smallest absolute Gasteiger partial charge is 0.193 e. The topological polar surface area (TPSA) is 21.6 Å². The first-order chi connectivity index (χ1) is 15.1. The van der Waals surface area contributed by atoms with E-state index in [0.29, 0.717) is 11.3 Å².